The molecule has 84 valence electrons. The summed E-state index contributed by atoms with van der Waals surface area (Å²) in [5, 5.41) is 9.75. The van der Waals surface area contributed by atoms with E-state index in [2.05, 4.69) is 9.72 Å². The summed E-state index contributed by atoms with van der Waals surface area (Å²) in [6.45, 7) is 0. The molecule has 2 heterocycles. The number of hydrogen-bond donors (Lipinski definition) is 1. The van der Waals surface area contributed by atoms with Crippen molar-refractivity contribution < 1.29 is 14.6 Å². The molecule has 2 rings (SSSR count). The van der Waals surface area contributed by atoms with E-state index < -0.39 is 12.1 Å². The first-order chi connectivity index (χ1) is 7.70. The van der Waals surface area contributed by atoms with Gasteiger partial charge in [0.15, 0.2) is 0 Å². The second-order valence-electron chi connectivity index (χ2n) is 3.43. The Morgan fingerprint density at radius 1 is 1.62 bits per heavy atom. The monoisotopic (exact) mass is 220 g/mol. The summed E-state index contributed by atoms with van der Waals surface area (Å²) in [5.74, 6) is -0.454. The molecule has 0 aliphatic heterocycles. The van der Waals surface area contributed by atoms with Crippen molar-refractivity contribution in [1.82, 2.24) is 9.38 Å². The van der Waals surface area contributed by atoms with Gasteiger partial charge in [-0.3, -0.25) is 4.79 Å². The fraction of sp³-hybridized carbons (Fsp3) is 0.273. The molecule has 0 spiro atoms. The highest BCUT2D eigenvalue weighted by atomic mass is 16.5. The van der Waals surface area contributed by atoms with Gasteiger partial charge in [-0.05, 0) is 12.1 Å². The lowest BCUT2D eigenvalue weighted by atomic mass is 10.2. The predicted octanol–water partition coefficient (Wildman–Crippen LogP) is 0.931. The van der Waals surface area contributed by atoms with Crippen molar-refractivity contribution in [3.8, 4) is 0 Å². The number of methoxy groups -OCH3 is 1. The summed E-state index contributed by atoms with van der Waals surface area (Å²) < 4.78 is 6.27. The fourth-order valence-corrected chi connectivity index (χ4v) is 1.46. The molecule has 0 unspecified atom stereocenters. The zero-order valence-electron chi connectivity index (χ0n) is 8.83. The third kappa shape index (κ3) is 2.04. The Morgan fingerprint density at radius 3 is 3.12 bits per heavy atom. The van der Waals surface area contributed by atoms with Crippen molar-refractivity contribution in [1.29, 1.82) is 0 Å². The summed E-state index contributed by atoms with van der Waals surface area (Å²) in [5.41, 5.74) is 1.21. The SMILES string of the molecule is COC(=O)C[C@@H](O)c1cn2ccccc2n1. The Bertz CT molecular complexity index is 474. The molecule has 0 amide bonds. The highest BCUT2D eigenvalue weighted by Gasteiger charge is 2.16. The van der Waals surface area contributed by atoms with E-state index in [4.69, 9.17) is 0 Å². The molecule has 0 bridgehead atoms. The Morgan fingerprint density at radius 2 is 2.44 bits per heavy atom. The molecule has 0 saturated heterocycles. The molecule has 16 heavy (non-hydrogen) atoms. The Kier molecular flexibility index (Phi) is 2.87. The Balaban J connectivity index is 2.23. The minimum atomic E-state index is -0.924. The zero-order valence-corrected chi connectivity index (χ0v) is 8.83. The molecule has 1 N–H and O–H groups in total. The number of fused-ring (bicyclic) bond motifs is 1. The number of aliphatic hydroxyl groups is 1. The molecule has 0 radical (unpaired) electrons. The molecule has 0 aliphatic carbocycles. The van der Waals surface area contributed by atoms with Crippen LogP contribution in [0, 0.1) is 0 Å². The van der Waals surface area contributed by atoms with Crippen LogP contribution in [-0.4, -0.2) is 27.6 Å². The summed E-state index contributed by atoms with van der Waals surface area (Å²) in [7, 11) is 1.29. The van der Waals surface area contributed by atoms with Gasteiger partial charge in [-0.1, -0.05) is 6.07 Å². The van der Waals surface area contributed by atoms with Crippen molar-refractivity contribution >= 4 is 11.6 Å². The van der Waals surface area contributed by atoms with Crippen LogP contribution in [0.4, 0.5) is 0 Å². The van der Waals surface area contributed by atoms with E-state index in [1.54, 1.807) is 10.6 Å². The standard InChI is InChI=1S/C11H12N2O3/c1-16-11(15)6-9(14)8-7-13-5-3-2-4-10(13)12-8/h2-5,7,9,14H,6H2,1H3/t9-/m1/s1. The lowest BCUT2D eigenvalue weighted by Gasteiger charge is -2.04. The van der Waals surface area contributed by atoms with E-state index in [0.29, 0.717) is 5.69 Å². The maximum absolute atomic E-state index is 11.0. The van der Waals surface area contributed by atoms with Crippen molar-refractivity contribution in [2.75, 3.05) is 7.11 Å². The van der Waals surface area contributed by atoms with Crippen molar-refractivity contribution in [2.45, 2.75) is 12.5 Å². The lowest BCUT2D eigenvalue weighted by Crippen LogP contribution is -2.08. The van der Waals surface area contributed by atoms with Gasteiger partial charge in [0.25, 0.3) is 0 Å². The topological polar surface area (TPSA) is 63.8 Å². The minimum Gasteiger partial charge on any atom is -0.469 e. The first kappa shape index (κ1) is 10.6. The quantitative estimate of drug-likeness (QED) is 0.781. The molecule has 0 fully saturated rings. The van der Waals surface area contributed by atoms with Gasteiger partial charge in [0.05, 0.1) is 19.2 Å². The second kappa shape index (κ2) is 4.32. The number of carbonyl (C=O) groups is 1. The molecular formula is C11H12N2O3. The van der Waals surface area contributed by atoms with Gasteiger partial charge < -0.3 is 14.2 Å². The zero-order chi connectivity index (χ0) is 11.5. The van der Waals surface area contributed by atoms with Crippen molar-refractivity contribution in [3.05, 3.63) is 36.3 Å². The first-order valence-corrected chi connectivity index (χ1v) is 4.89. The van der Waals surface area contributed by atoms with E-state index in [-0.39, 0.29) is 6.42 Å². The largest absolute Gasteiger partial charge is 0.469 e. The second-order valence-corrected chi connectivity index (χ2v) is 3.43. The molecule has 0 aliphatic rings. The van der Waals surface area contributed by atoms with Gasteiger partial charge in [-0.25, -0.2) is 4.98 Å². The summed E-state index contributed by atoms with van der Waals surface area (Å²) in [6, 6.07) is 5.55. The molecular weight excluding hydrogens is 208 g/mol. The van der Waals surface area contributed by atoms with E-state index in [1.807, 2.05) is 24.4 Å². The molecule has 2 aromatic rings. The predicted molar refractivity (Wildman–Crippen MR) is 56.8 cm³/mol. The van der Waals surface area contributed by atoms with Crippen LogP contribution in [0.1, 0.15) is 18.2 Å². The van der Waals surface area contributed by atoms with E-state index in [0.717, 1.165) is 5.65 Å². The smallest absolute Gasteiger partial charge is 0.308 e. The lowest BCUT2D eigenvalue weighted by molar-refractivity contribution is -0.142. The number of nitrogens with zero attached hydrogens (tertiary/aromatic N) is 2. The minimum absolute atomic E-state index is 0.0830. The highest BCUT2D eigenvalue weighted by Crippen LogP contribution is 2.16. The van der Waals surface area contributed by atoms with Gasteiger partial charge >= 0.3 is 5.97 Å². The molecule has 2 aromatic heterocycles. The number of hydrogen-bond acceptors (Lipinski definition) is 4. The van der Waals surface area contributed by atoms with E-state index in [1.165, 1.54) is 7.11 Å². The third-order valence-corrected chi connectivity index (χ3v) is 2.31. The fourth-order valence-electron chi connectivity index (χ4n) is 1.46. The van der Waals surface area contributed by atoms with Crippen LogP contribution in [0.25, 0.3) is 5.65 Å². The number of ether oxygens (including phenoxy) is 1. The number of pyridine rings is 1. The molecule has 0 saturated carbocycles. The molecule has 1 atom stereocenters. The number of imidazole rings is 1. The van der Waals surface area contributed by atoms with Crippen LogP contribution in [-0.2, 0) is 9.53 Å². The summed E-state index contributed by atoms with van der Waals surface area (Å²) in [6.07, 6.45) is 2.52. The van der Waals surface area contributed by atoms with Crippen LogP contribution in [0.2, 0.25) is 0 Å². The number of rotatable bonds is 3. The number of carbonyl (C=O) groups excluding carboxylic acids is 1. The van der Waals surface area contributed by atoms with Gasteiger partial charge in [0, 0.05) is 12.4 Å². The van der Waals surface area contributed by atoms with Crippen LogP contribution in [0.5, 0.6) is 0 Å². The maximum Gasteiger partial charge on any atom is 0.308 e. The normalized spacial score (nSPS) is 12.6. The summed E-state index contributed by atoms with van der Waals surface area (Å²) in [4.78, 5) is 15.2. The van der Waals surface area contributed by atoms with Crippen LogP contribution in [0.15, 0.2) is 30.6 Å². The molecule has 0 aromatic carbocycles. The third-order valence-electron chi connectivity index (χ3n) is 2.31. The van der Waals surface area contributed by atoms with Gasteiger partial charge in [-0.15, -0.1) is 0 Å². The van der Waals surface area contributed by atoms with Crippen LogP contribution >= 0.6 is 0 Å². The first-order valence-electron chi connectivity index (χ1n) is 4.89. The van der Waals surface area contributed by atoms with Crippen LogP contribution in [0.3, 0.4) is 0 Å². The maximum atomic E-state index is 11.0. The Labute approximate surface area is 92.3 Å². The van der Waals surface area contributed by atoms with Gasteiger partial charge in [0.1, 0.15) is 11.8 Å². The highest BCUT2D eigenvalue weighted by molar-refractivity contribution is 5.70. The van der Waals surface area contributed by atoms with Crippen molar-refractivity contribution in [2.24, 2.45) is 0 Å². The summed E-state index contributed by atoms with van der Waals surface area (Å²) >= 11 is 0. The molecule has 5 heteroatoms. The Hall–Kier alpha value is -1.88. The van der Waals surface area contributed by atoms with Gasteiger partial charge in [-0.2, -0.15) is 0 Å². The molecule has 5 nitrogen and oxygen atoms in total. The number of aliphatic hydroxyl groups excluding tert-OH is 1. The average Bonchev–Trinajstić information content (AvgIpc) is 2.72. The number of esters is 1. The van der Waals surface area contributed by atoms with E-state index >= 15 is 0 Å². The van der Waals surface area contributed by atoms with Crippen molar-refractivity contribution in [3.63, 3.8) is 0 Å². The van der Waals surface area contributed by atoms with Crippen LogP contribution < -0.4 is 0 Å². The van der Waals surface area contributed by atoms with Gasteiger partial charge in [0.2, 0.25) is 0 Å². The van der Waals surface area contributed by atoms with E-state index in [9.17, 15) is 9.90 Å². The average molecular weight is 220 g/mol. The number of aromatic nitrogens is 2.